The second-order valence-electron chi connectivity index (χ2n) is 4.97. The van der Waals surface area contributed by atoms with Crippen LogP contribution in [0.2, 0.25) is 5.02 Å². The summed E-state index contributed by atoms with van der Waals surface area (Å²) < 4.78 is 11.4. The average Bonchev–Trinajstić information content (AvgIpc) is 2.30. The lowest BCUT2D eigenvalue weighted by Gasteiger charge is -2.32. The van der Waals surface area contributed by atoms with Crippen molar-refractivity contribution in [3.8, 4) is 5.75 Å². The number of rotatable bonds is 4. The van der Waals surface area contributed by atoms with E-state index in [1.807, 2.05) is 24.3 Å². The molecule has 3 atom stereocenters. The van der Waals surface area contributed by atoms with Gasteiger partial charge in [-0.1, -0.05) is 11.6 Å². The van der Waals surface area contributed by atoms with Crippen molar-refractivity contribution >= 4 is 11.6 Å². The van der Waals surface area contributed by atoms with Crippen molar-refractivity contribution in [3.63, 3.8) is 0 Å². The Bertz CT molecular complexity index is 359. The smallest absolute Gasteiger partial charge is 0.137 e. The van der Waals surface area contributed by atoms with Crippen LogP contribution in [-0.2, 0) is 4.74 Å². The molecule has 1 saturated heterocycles. The van der Waals surface area contributed by atoms with Crippen LogP contribution < -0.4 is 9.64 Å². The molecule has 0 aromatic heterocycles. The molecule has 1 aromatic carbocycles. The number of hydrogen-bond acceptors (Lipinski definition) is 2. The van der Waals surface area contributed by atoms with Gasteiger partial charge in [-0.05, 0) is 38.1 Å². The van der Waals surface area contributed by atoms with Crippen LogP contribution in [0.25, 0.3) is 0 Å². The standard InChI is InChI=1S/C14H20ClNO2/c1-11-9-16(10-12(2)18-11)7-8-17-14-5-3-13(15)4-6-14/h3-6,11-12H,7-10H2,1-2H3/p+1/t11-,12+. The van der Waals surface area contributed by atoms with E-state index in [0.717, 1.165) is 37.0 Å². The molecule has 0 spiro atoms. The van der Waals surface area contributed by atoms with Gasteiger partial charge < -0.3 is 14.4 Å². The molecule has 100 valence electrons. The number of quaternary nitrogens is 1. The Morgan fingerprint density at radius 1 is 1.22 bits per heavy atom. The van der Waals surface area contributed by atoms with Gasteiger partial charge in [0.1, 0.15) is 44.2 Å². The first kappa shape index (κ1) is 13.7. The predicted molar refractivity (Wildman–Crippen MR) is 72.5 cm³/mol. The summed E-state index contributed by atoms with van der Waals surface area (Å²) in [5, 5.41) is 0.740. The second kappa shape index (κ2) is 6.41. The van der Waals surface area contributed by atoms with E-state index in [-0.39, 0.29) is 0 Å². The summed E-state index contributed by atoms with van der Waals surface area (Å²) in [5.41, 5.74) is 0. The molecule has 0 radical (unpaired) electrons. The van der Waals surface area contributed by atoms with Gasteiger partial charge in [-0.3, -0.25) is 0 Å². The molecule has 1 aromatic rings. The Hall–Kier alpha value is -0.770. The summed E-state index contributed by atoms with van der Waals surface area (Å²) in [5.74, 6) is 0.883. The zero-order valence-corrected chi connectivity index (χ0v) is 11.7. The Morgan fingerprint density at radius 3 is 2.44 bits per heavy atom. The molecule has 1 N–H and O–H groups in total. The van der Waals surface area contributed by atoms with Crippen molar-refractivity contribution in [3.05, 3.63) is 29.3 Å². The molecule has 1 heterocycles. The van der Waals surface area contributed by atoms with Crippen LogP contribution in [-0.4, -0.2) is 38.4 Å². The first-order valence-electron chi connectivity index (χ1n) is 6.51. The second-order valence-corrected chi connectivity index (χ2v) is 5.40. The lowest BCUT2D eigenvalue weighted by Crippen LogP contribution is -3.16. The van der Waals surface area contributed by atoms with Crippen molar-refractivity contribution in [1.82, 2.24) is 0 Å². The van der Waals surface area contributed by atoms with E-state index < -0.39 is 0 Å². The van der Waals surface area contributed by atoms with Crippen molar-refractivity contribution in [2.24, 2.45) is 0 Å². The molecular formula is C14H21ClNO2+. The molecule has 1 fully saturated rings. The van der Waals surface area contributed by atoms with E-state index >= 15 is 0 Å². The maximum atomic E-state index is 5.83. The minimum atomic E-state index is 0.347. The van der Waals surface area contributed by atoms with E-state index in [9.17, 15) is 0 Å². The van der Waals surface area contributed by atoms with Gasteiger partial charge in [-0.25, -0.2) is 0 Å². The van der Waals surface area contributed by atoms with Crippen LogP contribution in [0.1, 0.15) is 13.8 Å². The Kier molecular flexibility index (Phi) is 4.87. The number of benzene rings is 1. The van der Waals surface area contributed by atoms with Crippen LogP contribution >= 0.6 is 11.6 Å². The number of ether oxygens (including phenoxy) is 2. The molecule has 3 nitrogen and oxygen atoms in total. The summed E-state index contributed by atoms with van der Waals surface area (Å²) in [7, 11) is 0. The van der Waals surface area contributed by atoms with Crippen LogP contribution in [0.3, 0.4) is 0 Å². The zero-order chi connectivity index (χ0) is 13.0. The summed E-state index contributed by atoms with van der Waals surface area (Å²) >= 11 is 5.83. The van der Waals surface area contributed by atoms with Gasteiger partial charge >= 0.3 is 0 Å². The monoisotopic (exact) mass is 270 g/mol. The molecule has 0 saturated carbocycles. The highest BCUT2D eigenvalue weighted by atomic mass is 35.5. The predicted octanol–water partition coefficient (Wildman–Crippen LogP) is 1.41. The molecule has 1 unspecified atom stereocenters. The minimum Gasteiger partial charge on any atom is -0.488 e. The topological polar surface area (TPSA) is 22.9 Å². The number of hydrogen-bond donors (Lipinski definition) is 1. The largest absolute Gasteiger partial charge is 0.488 e. The maximum absolute atomic E-state index is 5.83. The molecule has 2 rings (SSSR count). The number of morpholine rings is 1. The van der Waals surface area contributed by atoms with Crippen molar-refractivity contribution in [2.75, 3.05) is 26.2 Å². The highest BCUT2D eigenvalue weighted by Crippen LogP contribution is 2.14. The third kappa shape index (κ3) is 4.16. The summed E-state index contributed by atoms with van der Waals surface area (Å²) in [4.78, 5) is 1.55. The van der Waals surface area contributed by atoms with Gasteiger partial charge in [0, 0.05) is 5.02 Å². The van der Waals surface area contributed by atoms with Crippen molar-refractivity contribution in [2.45, 2.75) is 26.1 Å². The fourth-order valence-electron chi connectivity index (χ4n) is 2.44. The van der Waals surface area contributed by atoms with Gasteiger partial charge in [-0.2, -0.15) is 0 Å². The Morgan fingerprint density at radius 2 is 1.83 bits per heavy atom. The molecule has 1 aliphatic heterocycles. The molecule has 4 heteroatoms. The minimum absolute atomic E-state index is 0.347. The van der Waals surface area contributed by atoms with Crippen LogP contribution in [0.5, 0.6) is 5.75 Å². The highest BCUT2D eigenvalue weighted by molar-refractivity contribution is 6.30. The first-order chi connectivity index (χ1) is 8.63. The number of halogens is 1. The van der Waals surface area contributed by atoms with Gasteiger partial charge in [-0.15, -0.1) is 0 Å². The molecular weight excluding hydrogens is 250 g/mol. The van der Waals surface area contributed by atoms with E-state index in [0.29, 0.717) is 12.2 Å². The lowest BCUT2D eigenvalue weighted by atomic mass is 10.2. The molecule has 0 bridgehead atoms. The van der Waals surface area contributed by atoms with Crippen LogP contribution in [0, 0.1) is 0 Å². The van der Waals surface area contributed by atoms with Gasteiger partial charge in [0.05, 0.1) is 0 Å². The van der Waals surface area contributed by atoms with Gasteiger partial charge in [0.25, 0.3) is 0 Å². The molecule has 0 amide bonds. The van der Waals surface area contributed by atoms with Crippen LogP contribution in [0.15, 0.2) is 24.3 Å². The SMILES string of the molecule is C[C@@H]1C[NH+](CCOc2ccc(Cl)cc2)C[C@H](C)O1. The van der Waals surface area contributed by atoms with E-state index in [1.54, 1.807) is 4.90 Å². The summed E-state index contributed by atoms with van der Waals surface area (Å²) in [6.07, 6.45) is 0.693. The third-order valence-corrected chi connectivity index (χ3v) is 3.41. The zero-order valence-electron chi connectivity index (χ0n) is 11.0. The normalized spacial score (nSPS) is 28.1. The van der Waals surface area contributed by atoms with Crippen molar-refractivity contribution in [1.29, 1.82) is 0 Å². The molecule has 18 heavy (non-hydrogen) atoms. The fourth-order valence-corrected chi connectivity index (χ4v) is 2.56. The highest BCUT2D eigenvalue weighted by Gasteiger charge is 2.25. The Labute approximate surface area is 114 Å². The fraction of sp³-hybridized carbons (Fsp3) is 0.571. The number of nitrogens with one attached hydrogen (secondary N) is 1. The summed E-state index contributed by atoms with van der Waals surface area (Å²) in [6.45, 7) is 8.14. The van der Waals surface area contributed by atoms with E-state index in [2.05, 4.69) is 13.8 Å². The van der Waals surface area contributed by atoms with E-state index in [1.165, 1.54) is 0 Å². The summed E-state index contributed by atoms with van der Waals surface area (Å²) in [6, 6.07) is 7.51. The average molecular weight is 271 g/mol. The lowest BCUT2D eigenvalue weighted by molar-refractivity contribution is -0.915. The third-order valence-electron chi connectivity index (χ3n) is 3.15. The van der Waals surface area contributed by atoms with Crippen molar-refractivity contribution < 1.29 is 14.4 Å². The Balaban J connectivity index is 1.73. The van der Waals surface area contributed by atoms with Crippen LogP contribution in [0.4, 0.5) is 0 Å². The van der Waals surface area contributed by atoms with E-state index in [4.69, 9.17) is 21.1 Å². The maximum Gasteiger partial charge on any atom is 0.137 e. The van der Waals surface area contributed by atoms with Gasteiger partial charge in [0.2, 0.25) is 0 Å². The first-order valence-corrected chi connectivity index (χ1v) is 6.88. The van der Waals surface area contributed by atoms with Gasteiger partial charge in [0.15, 0.2) is 0 Å². The molecule has 1 aliphatic rings. The molecule has 0 aliphatic carbocycles. The quantitative estimate of drug-likeness (QED) is 0.894.